The Kier molecular flexibility index (Phi) is 10.1. The number of nitrogens with one attached hydrogen (secondary N) is 2. The van der Waals surface area contributed by atoms with Crippen LogP contribution in [0, 0.1) is 5.41 Å². The molecule has 35 heavy (non-hydrogen) atoms. The van der Waals surface area contributed by atoms with Gasteiger partial charge in [0.1, 0.15) is 18.4 Å². The molecule has 3 amide bonds. The number of likely N-dealkylation sites (tertiary alicyclic amines) is 1. The number of ether oxygens (including phenoxy) is 1. The summed E-state index contributed by atoms with van der Waals surface area (Å²) >= 11 is 6.04. The number of halogens is 1. The number of amides is 3. The molecular formula is C24H35ClN4O6. The van der Waals surface area contributed by atoms with Gasteiger partial charge in [-0.25, -0.2) is 0 Å². The SMILES string of the molecule is CCOC(O)C(CC=O)NC(=O)C1CCCN1C(=O)C(NC(=O)c1ccc(N)c(Cl)c1)C(C)(C)C. The third-order valence-electron chi connectivity index (χ3n) is 5.85. The van der Waals surface area contributed by atoms with Gasteiger partial charge < -0.3 is 35.9 Å². The lowest BCUT2D eigenvalue weighted by atomic mass is 9.85. The van der Waals surface area contributed by atoms with Gasteiger partial charge in [0.05, 0.1) is 16.8 Å². The molecule has 0 saturated carbocycles. The molecule has 1 fully saturated rings. The molecule has 1 saturated heterocycles. The van der Waals surface area contributed by atoms with Crippen molar-refractivity contribution in [3.63, 3.8) is 0 Å². The van der Waals surface area contributed by atoms with Crippen molar-refractivity contribution in [2.75, 3.05) is 18.9 Å². The van der Waals surface area contributed by atoms with Crippen LogP contribution in [0.1, 0.15) is 57.3 Å². The number of benzene rings is 1. The van der Waals surface area contributed by atoms with Crippen LogP contribution in [0.3, 0.4) is 0 Å². The number of nitrogen functional groups attached to an aromatic ring is 1. The van der Waals surface area contributed by atoms with Crippen LogP contribution >= 0.6 is 11.6 Å². The molecule has 4 unspecified atom stereocenters. The quantitative estimate of drug-likeness (QED) is 0.211. The molecule has 1 aromatic carbocycles. The van der Waals surface area contributed by atoms with E-state index in [2.05, 4.69) is 10.6 Å². The molecule has 1 heterocycles. The molecule has 4 atom stereocenters. The predicted molar refractivity (Wildman–Crippen MR) is 132 cm³/mol. The highest BCUT2D eigenvalue weighted by Crippen LogP contribution is 2.27. The number of carbonyl (C=O) groups excluding carboxylic acids is 4. The first kappa shape index (κ1) is 28.5. The number of aliphatic hydroxyl groups is 1. The minimum atomic E-state index is -1.35. The highest BCUT2D eigenvalue weighted by molar-refractivity contribution is 6.33. The smallest absolute Gasteiger partial charge is 0.252 e. The van der Waals surface area contributed by atoms with Crippen molar-refractivity contribution in [2.45, 2.75) is 71.4 Å². The molecule has 194 valence electrons. The first-order chi connectivity index (χ1) is 16.4. The summed E-state index contributed by atoms with van der Waals surface area (Å²) in [7, 11) is 0. The Labute approximate surface area is 210 Å². The first-order valence-electron chi connectivity index (χ1n) is 11.6. The average Bonchev–Trinajstić information content (AvgIpc) is 3.28. The van der Waals surface area contributed by atoms with E-state index in [1.54, 1.807) is 6.92 Å². The molecule has 0 aliphatic carbocycles. The largest absolute Gasteiger partial charge is 0.398 e. The lowest BCUT2D eigenvalue weighted by Gasteiger charge is -2.36. The summed E-state index contributed by atoms with van der Waals surface area (Å²) in [5, 5.41) is 15.7. The zero-order chi connectivity index (χ0) is 26.3. The number of aldehydes is 1. The molecule has 1 aliphatic rings. The minimum absolute atomic E-state index is 0.140. The molecule has 11 heteroatoms. The summed E-state index contributed by atoms with van der Waals surface area (Å²) in [4.78, 5) is 52.0. The second-order valence-electron chi connectivity index (χ2n) is 9.56. The van der Waals surface area contributed by atoms with Gasteiger partial charge in [-0.3, -0.25) is 14.4 Å². The minimum Gasteiger partial charge on any atom is -0.398 e. The van der Waals surface area contributed by atoms with Crippen molar-refractivity contribution in [1.82, 2.24) is 15.5 Å². The molecular weight excluding hydrogens is 476 g/mol. The molecule has 0 radical (unpaired) electrons. The number of rotatable bonds is 10. The number of hydrogen-bond donors (Lipinski definition) is 4. The third kappa shape index (κ3) is 7.39. The third-order valence-corrected chi connectivity index (χ3v) is 6.18. The summed E-state index contributed by atoms with van der Waals surface area (Å²) in [6.45, 7) is 7.66. The number of aliphatic hydroxyl groups excluding tert-OH is 1. The van der Waals surface area contributed by atoms with Crippen LogP contribution in [0.25, 0.3) is 0 Å². The lowest BCUT2D eigenvalue weighted by molar-refractivity contribution is -0.146. The van der Waals surface area contributed by atoms with E-state index in [4.69, 9.17) is 22.1 Å². The van der Waals surface area contributed by atoms with Gasteiger partial charge in [-0.2, -0.15) is 0 Å². The van der Waals surface area contributed by atoms with E-state index in [1.807, 2.05) is 20.8 Å². The fourth-order valence-electron chi connectivity index (χ4n) is 3.92. The van der Waals surface area contributed by atoms with E-state index in [9.17, 15) is 24.3 Å². The Bertz CT molecular complexity index is 935. The zero-order valence-electron chi connectivity index (χ0n) is 20.5. The predicted octanol–water partition coefficient (Wildman–Crippen LogP) is 1.49. The molecule has 10 nitrogen and oxygen atoms in total. The number of nitrogens with two attached hydrogens (primary N) is 1. The lowest BCUT2D eigenvalue weighted by Crippen LogP contribution is -2.58. The van der Waals surface area contributed by atoms with Crippen LogP contribution < -0.4 is 16.4 Å². The highest BCUT2D eigenvalue weighted by atomic mass is 35.5. The average molecular weight is 511 g/mol. The summed E-state index contributed by atoms with van der Waals surface area (Å²) in [5.74, 6) is -1.39. The Morgan fingerprint density at radius 2 is 2.00 bits per heavy atom. The normalized spacial score (nSPS) is 18.5. The van der Waals surface area contributed by atoms with Gasteiger partial charge in [0.15, 0.2) is 6.29 Å². The monoisotopic (exact) mass is 510 g/mol. The van der Waals surface area contributed by atoms with Gasteiger partial charge >= 0.3 is 0 Å². The Balaban J connectivity index is 2.21. The van der Waals surface area contributed by atoms with E-state index in [1.165, 1.54) is 23.1 Å². The van der Waals surface area contributed by atoms with Crippen molar-refractivity contribution in [3.05, 3.63) is 28.8 Å². The maximum Gasteiger partial charge on any atom is 0.252 e. The zero-order valence-corrected chi connectivity index (χ0v) is 21.3. The summed E-state index contributed by atoms with van der Waals surface area (Å²) in [6, 6.07) is 1.78. The summed E-state index contributed by atoms with van der Waals surface area (Å²) in [5.41, 5.74) is 5.64. The molecule has 0 bridgehead atoms. The van der Waals surface area contributed by atoms with Crippen molar-refractivity contribution < 1.29 is 29.0 Å². The van der Waals surface area contributed by atoms with Crippen molar-refractivity contribution >= 4 is 41.3 Å². The van der Waals surface area contributed by atoms with E-state index >= 15 is 0 Å². The fourth-order valence-corrected chi connectivity index (χ4v) is 4.10. The van der Waals surface area contributed by atoms with Crippen LogP contribution in [0.4, 0.5) is 5.69 Å². The van der Waals surface area contributed by atoms with Crippen LogP contribution in [0.5, 0.6) is 0 Å². The van der Waals surface area contributed by atoms with E-state index in [0.717, 1.165) is 0 Å². The molecule has 0 spiro atoms. The maximum absolute atomic E-state index is 13.6. The Hall–Kier alpha value is -2.69. The van der Waals surface area contributed by atoms with Crippen molar-refractivity contribution in [3.8, 4) is 0 Å². The number of hydrogen-bond acceptors (Lipinski definition) is 7. The van der Waals surface area contributed by atoms with E-state index in [-0.39, 0.29) is 23.6 Å². The summed E-state index contributed by atoms with van der Waals surface area (Å²) < 4.78 is 5.12. The molecule has 2 rings (SSSR count). The maximum atomic E-state index is 13.6. The molecule has 5 N–H and O–H groups in total. The Morgan fingerprint density at radius 3 is 2.57 bits per heavy atom. The van der Waals surface area contributed by atoms with Gasteiger partial charge in [0.25, 0.3) is 5.91 Å². The van der Waals surface area contributed by atoms with Gasteiger partial charge in [0, 0.05) is 25.1 Å². The Morgan fingerprint density at radius 1 is 1.31 bits per heavy atom. The fraction of sp³-hybridized carbons (Fsp3) is 0.583. The standard InChI is InChI=1S/C24H35ClN4O6/c1-5-35-23(34)17(10-12-30)27-21(32)18-7-6-11-29(18)22(33)19(24(2,3)4)28-20(31)14-8-9-16(26)15(25)13-14/h8-9,12-13,17-19,23,34H,5-7,10-11,26H2,1-4H3,(H,27,32)(H,28,31). The van der Waals surface area contributed by atoms with Crippen molar-refractivity contribution in [1.29, 1.82) is 0 Å². The van der Waals surface area contributed by atoms with Gasteiger partial charge in [-0.15, -0.1) is 0 Å². The molecule has 0 aromatic heterocycles. The van der Waals surface area contributed by atoms with Crippen LogP contribution in [0.15, 0.2) is 18.2 Å². The van der Waals surface area contributed by atoms with E-state index in [0.29, 0.717) is 31.4 Å². The second-order valence-corrected chi connectivity index (χ2v) is 9.97. The van der Waals surface area contributed by atoms with Crippen LogP contribution in [-0.4, -0.2) is 71.6 Å². The molecule has 1 aliphatic heterocycles. The second kappa shape index (κ2) is 12.3. The summed E-state index contributed by atoms with van der Waals surface area (Å²) in [6.07, 6.45) is 0.0916. The topological polar surface area (TPSA) is 151 Å². The molecule has 1 aromatic rings. The highest BCUT2D eigenvalue weighted by Gasteiger charge is 2.42. The van der Waals surface area contributed by atoms with Crippen LogP contribution in [0.2, 0.25) is 5.02 Å². The number of anilines is 1. The van der Waals surface area contributed by atoms with Gasteiger partial charge in [0.2, 0.25) is 11.8 Å². The number of carbonyl (C=O) groups is 4. The van der Waals surface area contributed by atoms with Gasteiger partial charge in [-0.1, -0.05) is 32.4 Å². The van der Waals surface area contributed by atoms with Crippen molar-refractivity contribution in [2.24, 2.45) is 5.41 Å². The first-order valence-corrected chi connectivity index (χ1v) is 12.0. The van der Waals surface area contributed by atoms with Crippen LogP contribution in [-0.2, 0) is 19.1 Å². The number of nitrogens with zero attached hydrogens (tertiary/aromatic N) is 1. The van der Waals surface area contributed by atoms with Gasteiger partial charge in [-0.05, 0) is 43.4 Å². The van der Waals surface area contributed by atoms with E-state index < -0.39 is 47.6 Å².